The fraction of sp³-hybridized carbons (Fsp3) is 0.222. The molecule has 2 rings (SSSR count). The molecule has 0 bridgehead atoms. The molecule has 0 saturated heterocycles. The van der Waals surface area contributed by atoms with Gasteiger partial charge in [0.2, 0.25) is 0 Å². The lowest BCUT2D eigenvalue weighted by molar-refractivity contribution is -0.137. The fourth-order valence-electron chi connectivity index (χ4n) is 1.36. The van der Waals surface area contributed by atoms with Gasteiger partial charge >= 0.3 is 6.18 Å². The zero-order valence-corrected chi connectivity index (χ0v) is 8.52. The van der Waals surface area contributed by atoms with Crippen molar-refractivity contribution in [2.45, 2.75) is 12.8 Å². The number of imidazole rings is 1. The van der Waals surface area contributed by atoms with Gasteiger partial charge in [-0.2, -0.15) is 13.2 Å². The number of aromatic nitrogens is 2. The lowest BCUT2D eigenvalue weighted by Crippen LogP contribution is -2.04. The highest BCUT2D eigenvalue weighted by Crippen LogP contribution is 2.34. The summed E-state index contributed by atoms with van der Waals surface area (Å²) in [5, 5.41) is 8.70. The molecule has 0 aliphatic heterocycles. The molecule has 7 heteroatoms. The quantitative estimate of drug-likeness (QED) is 0.818. The van der Waals surface area contributed by atoms with Gasteiger partial charge in [0.15, 0.2) is 0 Å². The van der Waals surface area contributed by atoms with E-state index in [2.05, 4.69) is 9.97 Å². The molecule has 0 fully saturated rings. The number of aliphatic hydroxyl groups excluding tert-OH is 1. The monoisotopic (exact) mass is 250 g/mol. The number of benzene rings is 1. The summed E-state index contributed by atoms with van der Waals surface area (Å²) in [5.74, 6) is 0.177. The lowest BCUT2D eigenvalue weighted by Gasteiger charge is -2.06. The molecule has 0 spiro atoms. The average molecular weight is 251 g/mol. The Labute approximate surface area is 92.9 Å². The Balaban J connectivity index is 2.67. The fourth-order valence-corrected chi connectivity index (χ4v) is 1.63. The Morgan fingerprint density at radius 2 is 2.06 bits per heavy atom. The number of hydrogen-bond acceptors (Lipinski definition) is 2. The SMILES string of the molecule is OCc1nc2c(Cl)cc(C(F)(F)F)cc2[nH]1. The van der Waals surface area contributed by atoms with Crippen LogP contribution in [0.25, 0.3) is 11.0 Å². The van der Waals surface area contributed by atoms with Crippen LogP contribution in [0.1, 0.15) is 11.4 Å². The van der Waals surface area contributed by atoms with Gasteiger partial charge in [-0.3, -0.25) is 0 Å². The van der Waals surface area contributed by atoms with Crippen LogP contribution in [-0.2, 0) is 12.8 Å². The first kappa shape index (κ1) is 11.2. The number of aliphatic hydroxyl groups is 1. The molecule has 0 radical (unpaired) electrons. The minimum atomic E-state index is -4.46. The van der Waals surface area contributed by atoms with E-state index >= 15 is 0 Å². The summed E-state index contributed by atoms with van der Waals surface area (Å²) < 4.78 is 37.3. The predicted octanol–water partition coefficient (Wildman–Crippen LogP) is 2.73. The first-order chi connectivity index (χ1) is 7.41. The molecule has 1 aromatic carbocycles. The molecule has 0 aliphatic carbocycles. The first-order valence-electron chi connectivity index (χ1n) is 4.28. The van der Waals surface area contributed by atoms with Crippen molar-refractivity contribution in [1.82, 2.24) is 9.97 Å². The second kappa shape index (κ2) is 3.64. The van der Waals surface area contributed by atoms with Crippen molar-refractivity contribution in [2.24, 2.45) is 0 Å². The molecule has 0 atom stereocenters. The molecule has 0 unspecified atom stereocenters. The van der Waals surface area contributed by atoms with Crippen LogP contribution in [-0.4, -0.2) is 15.1 Å². The molecular weight excluding hydrogens is 245 g/mol. The third-order valence-corrected chi connectivity index (χ3v) is 2.35. The number of rotatable bonds is 1. The Bertz CT molecular complexity index is 535. The molecule has 16 heavy (non-hydrogen) atoms. The van der Waals surface area contributed by atoms with Crippen LogP contribution in [0.3, 0.4) is 0 Å². The van der Waals surface area contributed by atoms with E-state index in [9.17, 15) is 13.2 Å². The Morgan fingerprint density at radius 3 is 2.62 bits per heavy atom. The van der Waals surface area contributed by atoms with E-state index in [4.69, 9.17) is 16.7 Å². The van der Waals surface area contributed by atoms with Gasteiger partial charge in [-0.05, 0) is 12.1 Å². The predicted molar refractivity (Wildman–Crippen MR) is 52.0 cm³/mol. The van der Waals surface area contributed by atoms with Crippen molar-refractivity contribution in [3.8, 4) is 0 Å². The molecule has 0 amide bonds. The van der Waals surface area contributed by atoms with Gasteiger partial charge < -0.3 is 10.1 Å². The second-order valence-corrected chi connectivity index (χ2v) is 3.60. The minimum Gasteiger partial charge on any atom is -0.388 e. The molecule has 2 N–H and O–H groups in total. The summed E-state index contributed by atoms with van der Waals surface area (Å²) in [7, 11) is 0. The number of nitrogens with zero attached hydrogens (tertiary/aromatic N) is 1. The zero-order chi connectivity index (χ0) is 11.9. The Kier molecular flexibility index (Phi) is 2.55. The summed E-state index contributed by atoms with van der Waals surface area (Å²) in [6.07, 6.45) is -4.46. The summed E-state index contributed by atoms with van der Waals surface area (Å²) in [6, 6.07) is 1.72. The highest BCUT2D eigenvalue weighted by atomic mass is 35.5. The van der Waals surface area contributed by atoms with Crippen molar-refractivity contribution in [3.05, 3.63) is 28.5 Å². The maximum absolute atomic E-state index is 12.4. The third kappa shape index (κ3) is 1.85. The number of aromatic amines is 1. The van der Waals surface area contributed by atoms with Crippen molar-refractivity contribution in [2.75, 3.05) is 0 Å². The van der Waals surface area contributed by atoms with E-state index in [0.717, 1.165) is 12.1 Å². The van der Waals surface area contributed by atoms with Gasteiger partial charge in [0.25, 0.3) is 0 Å². The van der Waals surface area contributed by atoms with Crippen molar-refractivity contribution >= 4 is 22.6 Å². The number of halogens is 4. The number of alkyl halides is 3. The van der Waals surface area contributed by atoms with Crippen molar-refractivity contribution in [1.29, 1.82) is 0 Å². The van der Waals surface area contributed by atoms with Gasteiger partial charge in [0.05, 0.1) is 16.1 Å². The molecule has 2 aromatic rings. The number of H-pyrrole nitrogens is 1. The first-order valence-corrected chi connectivity index (χ1v) is 4.66. The molecule has 0 saturated carbocycles. The maximum Gasteiger partial charge on any atom is 0.416 e. The van der Waals surface area contributed by atoms with Gasteiger partial charge in [-0.15, -0.1) is 0 Å². The smallest absolute Gasteiger partial charge is 0.388 e. The largest absolute Gasteiger partial charge is 0.416 e. The van der Waals surface area contributed by atoms with Crippen LogP contribution in [0, 0.1) is 0 Å². The average Bonchev–Trinajstić information content (AvgIpc) is 2.59. The van der Waals surface area contributed by atoms with E-state index in [1.54, 1.807) is 0 Å². The third-order valence-electron chi connectivity index (χ3n) is 2.07. The summed E-state index contributed by atoms with van der Waals surface area (Å²) in [5.41, 5.74) is -0.472. The van der Waals surface area contributed by atoms with Crippen molar-refractivity contribution < 1.29 is 18.3 Å². The number of hydrogen-bond donors (Lipinski definition) is 2. The lowest BCUT2D eigenvalue weighted by atomic mass is 10.2. The van der Waals surface area contributed by atoms with E-state index in [-0.39, 0.29) is 28.5 Å². The number of fused-ring (bicyclic) bond motifs is 1. The molecule has 3 nitrogen and oxygen atoms in total. The highest BCUT2D eigenvalue weighted by Gasteiger charge is 2.31. The van der Waals surface area contributed by atoms with Crippen molar-refractivity contribution in [3.63, 3.8) is 0 Å². The van der Waals surface area contributed by atoms with Gasteiger partial charge in [-0.25, -0.2) is 4.98 Å². The Hall–Kier alpha value is -1.27. The molecule has 1 heterocycles. The van der Waals surface area contributed by atoms with Gasteiger partial charge in [-0.1, -0.05) is 11.6 Å². The Morgan fingerprint density at radius 1 is 1.38 bits per heavy atom. The number of nitrogens with one attached hydrogen (secondary N) is 1. The van der Waals surface area contributed by atoms with E-state index in [1.165, 1.54) is 0 Å². The molecule has 86 valence electrons. The van der Waals surface area contributed by atoms with Crippen LogP contribution in [0.5, 0.6) is 0 Å². The van der Waals surface area contributed by atoms with E-state index in [1.807, 2.05) is 0 Å². The van der Waals surface area contributed by atoms with E-state index < -0.39 is 11.7 Å². The topological polar surface area (TPSA) is 48.9 Å². The van der Waals surface area contributed by atoms with Crippen LogP contribution in [0.4, 0.5) is 13.2 Å². The van der Waals surface area contributed by atoms with Crippen LogP contribution in [0.15, 0.2) is 12.1 Å². The summed E-state index contributed by atoms with van der Waals surface area (Å²) >= 11 is 5.67. The van der Waals surface area contributed by atoms with Gasteiger partial charge in [0.1, 0.15) is 17.9 Å². The van der Waals surface area contributed by atoms with Crippen LogP contribution >= 0.6 is 11.6 Å². The maximum atomic E-state index is 12.4. The molecular formula is C9H6ClF3N2O. The minimum absolute atomic E-state index is 0.0965. The molecule has 0 aliphatic rings. The zero-order valence-electron chi connectivity index (χ0n) is 7.77. The standard InChI is InChI=1S/C9H6ClF3N2O/c10-5-1-4(9(11,12)13)2-6-8(5)15-7(3-16)14-6/h1-2,16H,3H2,(H,14,15). The van der Waals surface area contributed by atoms with Crippen LogP contribution in [0.2, 0.25) is 5.02 Å². The molecule has 1 aromatic heterocycles. The van der Waals surface area contributed by atoms with Gasteiger partial charge in [0, 0.05) is 0 Å². The summed E-state index contributed by atoms with van der Waals surface area (Å²) in [4.78, 5) is 6.40. The van der Waals surface area contributed by atoms with E-state index in [0.29, 0.717) is 0 Å². The normalized spacial score (nSPS) is 12.3. The van der Waals surface area contributed by atoms with Crippen LogP contribution < -0.4 is 0 Å². The second-order valence-electron chi connectivity index (χ2n) is 3.19. The summed E-state index contributed by atoms with van der Waals surface area (Å²) in [6.45, 7) is -0.383. The highest BCUT2D eigenvalue weighted by molar-refractivity contribution is 6.35.